The summed E-state index contributed by atoms with van der Waals surface area (Å²) in [6.07, 6.45) is 3.52. The standard InChI is InChI=1S/C12H8N2OS/c16-11-8-12(14-7-3-6-13-14)15-10-5-2-1-4-9(10)11/h1-8H. The Hall–Kier alpha value is -1.94. The van der Waals surface area contributed by atoms with Crippen LogP contribution in [0.1, 0.15) is 0 Å². The summed E-state index contributed by atoms with van der Waals surface area (Å²) in [5.41, 5.74) is 0.778. The molecule has 4 heteroatoms. The van der Waals surface area contributed by atoms with Crippen molar-refractivity contribution < 1.29 is 4.42 Å². The molecule has 0 radical (unpaired) electrons. The topological polar surface area (TPSA) is 31.0 Å². The summed E-state index contributed by atoms with van der Waals surface area (Å²) in [6.45, 7) is 0. The molecule has 3 aromatic rings. The molecule has 0 spiro atoms. The van der Waals surface area contributed by atoms with Crippen molar-refractivity contribution in [1.82, 2.24) is 9.78 Å². The van der Waals surface area contributed by atoms with E-state index >= 15 is 0 Å². The number of fused-ring (bicyclic) bond motifs is 1. The molecule has 2 aromatic heterocycles. The lowest BCUT2D eigenvalue weighted by molar-refractivity contribution is 0.548. The van der Waals surface area contributed by atoms with Gasteiger partial charge in [-0.3, -0.25) is 0 Å². The predicted octanol–water partition coefficient (Wildman–Crippen LogP) is 3.35. The minimum absolute atomic E-state index is 0.633. The van der Waals surface area contributed by atoms with Gasteiger partial charge in [0, 0.05) is 23.8 Å². The Morgan fingerprint density at radius 3 is 2.88 bits per heavy atom. The van der Waals surface area contributed by atoms with Crippen LogP contribution in [-0.2, 0) is 0 Å². The summed E-state index contributed by atoms with van der Waals surface area (Å²) in [6, 6.07) is 11.4. The van der Waals surface area contributed by atoms with Gasteiger partial charge in [0.25, 0.3) is 0 Å². The first-order valence-electron chi connectivity index (χ1n) is 4.87. The van der Waals surface area contributed by atoms with E-state index in [0.29, 0.717) is 5.88 Å². The highest BCUT2D eigenvalue weighted by Crippen LogP contribution is 2.19. The van der Waals surface area contributed by atoms with E-state index in [1.54, 1.807) is 10.9 Å². The summed E-state index contributed by atoms with van der Waals surface area (Å²) in [7, 11) is 0. The molecular formula is C12H8N2OS. The fourth-order valence-corrected chi connectivity index (χ4v) is 1.87. The molecule has 0 N–H and O–H groups in total. The van der Waals surface area contributed by atoms with E-state index < -0.39 is 0 Å². The first kappa shape index (κ1) is 9.30. The van der Waals surface area contributed by atoms with Crippen LogP contribution in [0, 0.1) is 4.51 Å². The third-order valence-electron chi connectivity index (χ3n) is 2.35. The van der Waals surface area contributed by atoms with Gasteiger partial charge >= 0.3 is 0 Å². The number of para-hydroxylation sites is 1. The van der Waals surface area contributed by atoms with Gasteiger partial charge in [-0.1, -0.05) is 24.4 Å². The van der Waals surface area contributed by atoms with Crippen LogP contribution in [0.2, 0.25) is 0 Å². The summed E-state index contributed by atoms with van der Waals surface area (Å²) in [5, 5.41) is 5.06. The van der Waals surface area contributed by atoms with Crippen molar-refractivity contribution in [2.75, 3.05) is 0 Å². The molecule has 3 rings (SSSR count). The number of benzene rings is 1. The Morgan fingerprint density at radius 1 is 1.19 bits per heavy atom. The van der Waals surface area contributed by atoms with Crippen molar-refractivity contribution in [3.8, 4) is 5.88 Å². The summed E-state index contributed by atoms with van der Waals surface area (Å²) in [4.78, 5) is 0. The van der Waals surface area contributed by atoms with E-state index in [1.165, 1.54) is 0 Å². The smallest absolute Gasteiger partial charge is 0.221 e. The van der Waals surface area contributed by atoms with Crippen LogP contribution in [0.25, 0.3) is 16.9 Å². The second-order valence-corrected chi connectivity index (χ2v) is 3.84. The van der Waals surface area contributed by atoms with Crippen LogP contribution in [0.15, 0.2) is 53.2 Å². The van der Waals surface area contributed by atoms with E-state index in [0.717, 1.165) is 15.5 Å². The zero-order valence-electron chi connectivity index (χ0n) is 8.33. The Bertz CT molecular complexity index is 686. The van der Waals surface area contributed by atoms with Gasteiger partial charge < -0.3 is 4.42 Å². The lowest BCUT2D eigenvalue weighted by atomic mass is 10.2. The van der Waals surface area contributed by atoms with E-state index in [9.17, 15) is 0 Å². The van der Waals surface area contributed by atoms with Crippen LogP contribution >= 0.6 is 12.2 Å². The van der Waals surface area contributed by atoms with Gasteiger partial charge in [0.05, 0.1) is 4.51 Å². The van der Waals surface area contributed by atoms with Crippen molar-refractivity contribution in [2.24, 2.45) is 0 Å². The molecule has 0 saturated heterocycles. The third-order valence-corrected chi connectivity index (χ3v) is 2.69. The van der Waals surface area contributed by atoms with E-state index in [-0.39, 0.29) is 0 Å². The van der Waals surface area contributed by atoms with Crippen molar-refractivity contribution in [3.05, 3.63) is 53.3 Å². The molecular weight excluding hydrogens is 220 g/mol. The van der Waals surface area contributed by atoms with Gasteiger partial charge in [-0.15, -0.1) is 0 Å². The quantitative estimate of drug-likeness (QED) is 0.598. The Labute approximate surface area is 96.9 Å². The number of hydrogen-bond donors (Lipinski definition) is 0. The van der Waals surface area contributed by atoms with Crippen molar-refractivity contribution in [3.63, 3.8) is 0 Å². The first-order valence-corrected chi connectivity index (χ1v) is 5.28. The zero-order valence-corrected chi connectivity index (χ0v) is 9.15. The molecule has 0 unspecified atom stereocenters. The molecule has 16 heavy (non-hydrogen) atoms. The molecule has 1 aromatic carbocycles. The maximum absolute atomic E-state index is 5.72. The molecule has 0 aliphatic heterocycles. The third kappa shape index (κ3) is 1.44. The average molecular weight is 228 g/mol. The highest BCUT2D eigenvalue weighted by atomic mass is 32.1. The molecule has 0 aliphatic rings. The zero-order chi connectivity index (χ0) is 11.0. The normalized spacial score (nSPS) is 10.8. The molecule has 2 heterocycles. The number of rotatable bonds is 1. The Morgan fingerprint density at radius 2 is 2.06 bits per heavy atom. The monoisotopic (exact) mass is 228 g/mol. The van der Waals surface area contributed by atoms with Crippen LogP contribution in [0.3, 0.4) is 0 Å². The maximum Gasteiger partial charge on any atom is 0.221 e. The van der Waals surface area contributed by atoms with Crippen LogP contribution < -0.4 is 0 Å². The molecule has 3 nitrogen and oxygen atoms in total. The molecule has 0 atom stereocenters. The van der Waals surface area contributed by atoms with Gasteiger partial charge in [-0.2, -0.15) is 5.10 Å². The predicted molar refractivity (Wildman–Crippen MR) is 64.2 cm³/mol. The SMILES string of the molecule is S=c1cc(-n2cccn2)oc2ccccc12. The Kier molecular flexibility index (Phi) is 2.08. The minimum atomic E-state index is 0.633. The molecule has 78 valence electrons. The maximum atomic E-state index is 5.72. The van der Waals surface area contributed by atoms with Gasteiger partial charge in [-0.25, -0.2) is 4.68 Å². The fraction of sp³-hybridized carbons (Fsp3) is 0. The lowest BCUT2D eigenvalue weighted by Crippen LogP contribution is -1.93. The minimum Gasteiger partial charge on any atom is -0.438 e. The average Bonchev–Trinajstić information content (AvgIpc) is 2.82. The summed E-state index contributed by atoms with van der Waals surface area (Å²) >= 11 is 5.31. The van der Waals surface area contributed by atoms with E-state index in [2.05, 4.69) is 5.10 Å². The lowest BCUT2D eigenvalue weighted by Gasteiger charge is -2.02. The van der Waals surface area contributed by atoms with Gasteiger partial charge in [0.1, 0.15) is 5.58 Å². The first-order chi connectivity index (χ1) is 7.84. The molecule has 0 amide bonds. The number of hydrogen-bond acceptors (Lipinski definition) is 3. The molecule has 0 saturated carbocycles. The second kappa shape index (κ2) is 3.57. The van der Waals surface area contributed by atoms with Crippen molar-refractivity contribution in [2.45, 2.75) is 0 Å². The number of nitrogens with zero attached hydrogens (tertiary/aromatic N) is 2. The van der Waals surface area contributed by atoms with Crippen LogP contribution in [0.4, 0.5) is 0 Å². The van der Waals surface area contributed by atoms with Crippen LogP contribution in [0.5, 0.6) is 0 Å². The molecule has 0 fully saturated rings. The fourth-order valence-electron chi connectivity index (χ4n) is 1.60. The highest BCUT2D eigenvalue weighted by Gasteiger charge is 2.03. The number of aromatic nitrogens is 2. The van der Waals surface area contributed by atoms with Crippen molar-refractivity contribution >= 4 is 23.2 Å². The Balaban J connectivity index is 2.34. The summed E-state index contributed by atoms with van der Waals surface area (Å²) < 4.78 is 8.15. The van der Waals surface area contributed by atoms with Crippen LogP contribution in [-0.4, -0.2) is 9.78 Å². The van der Waals surface area contributed by atoms with Crippen molar-refractivity contribution in [1.29, 1.82) is 0 Å². The summed E-state index contributed by atoms with van der Waals surface area (Å²) in [5.74, 6) is 0.633. The molecule has 0 aliphatic carbocycles. The molecule has 0 bridgehead atoms. The van der Waals surface area contributed by atoms with Gasteiger partial charge in [0.15, 0.2) is 0 Å². The highest BCUT2D eigenvalue weighted by molar-refractivity contribution is 7.71. The largest absolute Gasteiger partial charge is 0.438 e. The van der Waals surface area contributed by atoms with Gasteiger partial charge in [0.2, 0.25) is 5.88 Å². The second-order valence-electron chi connectivity index (χ2n) is 3.40. The van der Waals surface area contributed by atoms with E-state index in [1.807, 2.05) is 42.6 Å². The van der Waals surface area contributed by atoms with E-state index in [4.69, 9.17) is 16.6 Å². The van der Waals surface area contributed by atoms with Gasteiger partial charge in [-0.05, 0) is 18.2 Å².